The first-order valence-electron chi connectivity index (χ1n) is 8.15. The monoisotopic (exact) mass is 361 g/mol. The lowest BCUT2D eigenvalue weighted by Crippen LogP contribution is -2.28. The van der Waals surface area contributed by atoms with Crippen molar-refractivity contribution in [3.63, 3.8) is 0 Å². The van der Waals surface area contributed by atoms with Crippen molar-refractivity contribution in [2.24, 2.45) is 0 Å². The standard InChI is InChI=1S/C20H21F2NO3/c1-20(2,3)15-7-4-13(5-8-15)19(25)26-12-18(24)23-11-14-6-9-16(21)10-17(14)22/h4-10H,11-12H2,1-3H3,(H,23,24). The number of ether oxygens (including phenoxy) is 1. The van der Waals surface area contributed by atoms with Gasteiger partial charge in [-0.05, 0) is 29.2 Å². The van der Waals surface area contributed by atoms with Crippen molar-refractivity contribution >= 4 is 11.9 Å². The summed E-state index contributed by atoms with van der Waals surface area (Å²) in [5, 5.41) is 2.42. The smallest absolute Gasteiger partial charge is 0.338 e. The van der Waals surface area contributed by atoms with Crippen molar-refractivity contribution in [2.45, 2.75) is 32.7 Å². The third-order valence-electron chi connectivity index (χ3n) is 3.81. The highest BCUT2D eigenvalue weighted by Gasteiger charge is 2.15. The maximum atomic E-state index is 13.5. The molecule has 0 unspecified atom stereocenters. The number of halogens is 2. The molecule has 0 atom stereocenters. The number of carbonyl (C=O) groups excluding carboxylic acids is 2. The van der Waals surface area contributed by atoms with Crippen molar-refractivity contribution in [1.82, 2.24) is 5.32 Å². The largest absolute Gasteiger partial charge is 0.452 e. The van der Waals surface area contributed by atoms with Gasteiger partial charge in [0.15, 0.2) is 6.61 Å². The highest BCUT2D eigenvalue weighted by atomic mass is 19.1. The molecule has 0 heterocycles. The van der Waals surface area contributed by atoms with Crippen LogP contribution in [0.2, 0.25) is 0 Å². The molecule has 0 saturated heterocycles. The van der Waals surface area contributed by atoms with Crippen LogP contribution in [0.25, 0.3) is 0 Å². The number of hydrogen-bond donors (Lipinski definition) is 1. The molecule has 1 amide bonds. The van der Waals surface area contributed by atoms with Crippen LogP contribution in [-0.2, 0) is 21.5 Å². The molecule has 138 valence electrons. The molecule has 0 spiro atoms. The van der Waals surface area contributed by atoms with Gasteiger partial charge < -0.3 is 10.1 Å². The first-order chi connectivity index (χ1) is 12.2. The van der Waals surface area contributed by atoms with Gasteiger partial charge in [0.2, 0.25) is 0 Å². The predicted molar refractivity (Wildman–Crippen MR) is 93.6 cm³/mol. The van der Waals surface area contributed by atoms with Crippen molar-refractivity contribution in [3.8, 4) is 0 Å². The van der Waals surface area contributed by atoms with E-state index in [-0.39, 0.29) is 17.5 Å². The second-order valence-corrected chi connectivity index (χ2v) is 6.92. The van der Waals surface area contributed by atoms with Crippen LogP contribution >= 0.6 is 0 Å². The molecule has 0 aliphatic heterocycles. The van der Waals surface area contributed by atoms with Gasteiger partial charge in [0, 0.05) is 18.2 Å². The maximum absolute atomic E-state index is 13.5. The van der Waals surface area contributed by atoms with Crippen LogP contribution < -0.4 is 5.32 Å². The van der Waals surface area contributed by atoms with E-state index in [2.05, 4.69) is 26.1 Å². The zero-order valence-electron chi connectivity index (χ0n) is 14.9. The fourth-order valence-corrected chi connectivity index (χ4v) is 2.23. The fraction of sp³-hybridized carbons (Fsp3) is 0.300. The van der Waals surface area contributed by atoms with Crippen LogP contribution in [-0.4, -0.2) is 18.5 Å². The molecule has 0 aliphatic rings. The summed E-state index contributed by atoms with van der Waals surface area (Å²) in [5.41, 5.74) is 1.53. The number of nitrogens with one attached hydrogen (secondary N) is 1. The van der Waals surface area contributed by atoms with E-state index in [9.17, 15) is 18.4 Å². The Hall–Kier alpha value is -2.76. The van der Waals surface area contributed by atoms with Crippen molar-refractivity contribution in [1.29, 1.82) is 0 Å². The molecular weight excluding hydrogens is 340 g/mol. The molecule has 2 aromatic rings. The normalized spacial score (nSPS) is 11.1. The van der Waals surface area contributed by atoms with Gasteiger partial charge in [-0.2, -0.15) is 0 Å². The van der Waals surface area contributed by atoms with Crippen LogP contribution in [0.4, 0.5) is 8.78 Å². The number of hydrogen-bond acceptors (Lipinski definition) is 3. The first-order valence-corrected chi connectivity index (χ1v) is 8.15. The topological polar surface area (TPSA) is 55.4 Å². The molecule has 0 fully saturated rings. The number of benzene rings is 2. The van der Waals surface area contributed by atoms with E-state index in [4.69, 9.17) is 4.74 Å². The van der Waals surface area contributed by atoms with Gasteiger partial charge in [-0.25, -0.2) is 13.6 Å². The number of amides is 1. The molecule has 4 nitrogen and oxygen atoms in total. The second kappa shape index (κ2) is 8.08. The highest BCUT2D eigenvalue weighted by molar-refractivity contribution is 5.91. The Bertz CT molecular complexity index is 796. The molecule has 0 aliphatic carbocycles. The SMILES string of the molecule is CC(C)(C)c1ccc(C(=O)OCC(=O)NCc2ccc(F)cc2F)cc1. The van der Waals surface area contributed by atoms with E-state index in [0.717, 1.165) is 17.7 Å². The second-order valence-electron chi connectivity index (χ2n) is 6.92. The minimum absolute atomic E-state index is 0.0298. The fourth-order valence-electron chi connectivity index (χ4n) is 2.23. The van der Waals surface area contributed by atoms with Crippen LogP contribution in [0.5, 0.6) is 0 Å². The number of rotatable bonds is 5. The zero-order valence-corrected chi connectivity index (χ0v) is 14.9. The van der Waals surface area contributed by atoms with E-state index in [1.54, 1.807) is 12.1 Å². The molecule has 0 radical (unpaired) electrons. The van der Waals surface area contributed by atoms with E-state index in [0.29, 0.717) is 5.56 Å². The van der Waals surface area contributed by atoms with E-state index in [1.807, 2.05) is 12.1 Å². The quantitative estimate of drug-likeness (QED) is 0.826. The molecule has 0 aromatic heterocycles. The lowest BCUT2D eigenvalue weighted by atomic mass is 9.87. The lowest BCUT2D eigenvalue weighted by Gasteiger charge is -2.18. The van der Waals surface area contributed by atoms with Crippen LogP contribution in [0, 0.1) is 11.6 Å². The van der Waals surface area contributed by atoms with Gasteiger partial charge in [-0.3, -0.25) is 4.79 Å². The molecule has 0 bridgehead atoms. The Morgan fingerprint density at radius 1 is 1.04 bits per heavy atom. The van der Waals surface area contributed by atoms with Crippen molar-refractivity contribution in [2.75, 3.05) is 6.61 Å². The summed E-state index contributed by atoms with van der Waals surface area (Å²) in [4.78, 5) is 23.7. The summed E-state index contributed by atoms with van der Waals surface area (Å²) < 4.78 is 31.2. The van der Waals surface area contributed by atoms with E-state index < -0.39 is 30.1 Å². The summed E-state index contributed by atoms with van der Waals surface area (Å²) in [6.07, 6.45) is 0. The summed E-state index contributed by atoms with van der Waals surface area (Å²) >= 11 is 0. The number of esters is 1. The highest BCUT2D eigenvalue weighted by Crippen LogP contribution is 2.22. The minimum Gasteiger partial charge on any atom is -0.452 e. The maximum Gasteiger partial charge on any atom is 0.338 e. The Morgan fingerprint density at radius 3 is 2.27 bits per heavy atom. The van der Waals surface area contributed by atoms with Crippen LogP contribution in [0.3, 0.4) is 0 Å². The van der Waals surface area contributed by atoms with Gasteiger partial charge in [-0.15, -0.1) is 0 Å². The molecule has 26 heavy (non-hydrogen) atoms. The van der Waals surface area contributed by atoms with Gasteiger partial charge in [0.05, 0.1) is 5.56 Å². The summed E-state index contributed by atoms with van der Waals surface area (Å²) in [6.45, 7) is 5.59. The molecule has 1 N–H and O–H groups in total. The van der Waals surface area contributed by atoms with E-state index >= 15 is 0 Å². The summed E-state index contributed by atoms with van der Waals surface area (Å²) in [7, 11) is 0. The molecule has 0 saturated carbocycles. The van der Waals surface area contributed by atoms with Crippen molar-refractivity contribution < 1.29 is 23.1 Å². The summed E-state index contributed by atoms with van der Waals surface area (Å²) in [6, 6.07) is 10.1. The molecule has 6 heteroatoms. The first kappa shape index (κ1) is 19.6. The Kier molecular flexibility index (Phi) is 6.08. The third kappa shape index (κ3) is 5.37. The van der Waals surface area contributed by atoms with Gasteiger partial charge in [0.1, 0.15) is 11.6 Å². The third-order valence-corrected chi connectivity index (χ3v) is 3.81. The molecule has 2 rings (SSSR count). The van der Waals surface area contributed by atoms with Crippen LogP contribution in [0.1, 0.15) is 42.3 Å². The Morgan fingerprint density at radius 2 is 1.69 bits per heavy atom. The van der Waals surface area contributed by atoms with Crippen molar-refractivity contribution in [3.05, 3.63) is 70.8 Å². The van der Waals surface area contributed by atoms with Gasteiger partial charge >= 0.3 is 5.97 Å². The molecule has 2 aromatic carbocycles. The van der Waals surface area contributed by atoms with Gasteiger partial charge in [0.25, 0.3) is 5.91 Å². The van der Waals surface area contributed by atoms with E-state index in [1.165, 1.54) is 6.07 Å². The average molecular weight is 361 g/mol. The Balaban J connectivity index is 1.84. The summed E-state index contributed by atoms with van der Waals surface area (Å²) in [5.74, 6) is -2.63. The van der Waals surface area contributed by atoms with Crippen LogP contribution in [0.15, 0.2) is 42.5 Å². The Labute approximate surface area is 151 Å². The predicted octanol–water partition coefficient (Wildman–Crippen LogP) is 3.74. The van der Waals surface area contributed by atoms with Gasteiger partial charge in [-0.1, -0.05) is 39.0 Å². The molecular formula is C20H21F2NO3. The lowest BCUT2D eigenvalue weighted by molar-refractivity contribution is -0.124. The zero-order chi connectivity index (χ0) is 19.3. The minimum atomic E-state index is -0.749. The number of carbonyl (C=O) groups is 2. The average Bonchev–Trinajstić information content (AvgIpc) is 2.58.